The molecule has 5 rings (SSSR count). The van der Waals surface area contributed by atoms with Crippen molar-refractivity contribution in [2.24, 2.45) is 0 Å². The Morgan fingerprint density at radius 2 is 2.20 bits per heavy atom. The lowest BCUT2D eigenvalue weighted by Crippen LogP contribution is -2.39. The first-order valence-electron chi connectivity index (χ1n) is 9.69. The molecule has 154 valence electrons. The van der Waals surface area contributed by atoms with Gasteiger partial charge in [0.15, 0.2) is 5.76 Å². The molecule has 1 fully saturated rings. The van der Waals surface area contributed by atoms with Crippen LogP contribution in [0.3, 0.4) is 0 Å². The van der Waals surface area contributed by atoms with Crippen LogP contribution < -0.4 is 0 Å². The second-order valence-corrected chi connectivity index (χ2v) is 8.79. The fourth-order valence-corrected chi connectivity index (χ4v) is 5.03. The van der Waals surface area contributed by atoms with E-state index >= 15 is 0 Å². The van der Waals surface area contributed by atoms with E-state index in [1.54, 1.807) is 34.1 Å². The smallest absolute Gasteiger partial charge is 0.289 e. The lowest BCUT2D eigenvalue weighted by molar-refractivity contribution is 0.0459. The highest BCUT2D eigenvalue weighted by Gasteiger charge is 2.37. The van der Waals surface area contributed by atoms with Crippen LogP contribution in [0.1, 0.15) is 40.3 Å². The van der Waals surface area contributed by atoms with Crippen molar-refractivity contribution in [1.82, 2.24) is 19.7 Å². The number of furan rings is 1. The molecule has 0 unspecified atom stereocenters. The van der Waals surface area contributed by atoms with Crippen molar-refractivity contribution in [2.75, 3.05) is 6.54 Å². The number of hydrogen-bond acceptors (Lipinski definition) is 6. The zero-order chi connectivity index (χ0) is 20.7. The van der Waals surface area contributed by atoms with Crippen LogP contribution in [0, 0.1) is 0 Å². The van der Waals surface area contributed by atoms with E-state index in [2.05, 4.69) is 10.1 Å². The summed E-state index contributed by atoms with van der Waals surface area (Å²) in [5.74, 6) is 0.648. The van der Waals surface area contributed by atoms with Gasteiger partial charge in [0.25, 0.3) is 5.91 Å². The number of carbonyl (C=O) groups excluding carboxylic acids is 1. The molecule has 30 heavy (non-hydrogen) atoms. The van der Waals surface area contributed by atoms with E-state index < -0.39 is 6.10 Å². The molecule has 0 aliphatic carbocycles. The summed E-state index contributed by atoms with van der Waals surface area (Å²) in [7, 11) is 0. The minimum atomic E-state index is -0.825. The molecule has 2 atom stereocenters. The summed E-state index contributed by atoms with van der Waals surface area (Å²) in [5, 5.41) is 16.3. The van der Waals surface area contributed by atoms with E-state index in [0.29, 0.717) is 28.9 Å². The Morgan fingerprint density at radius 1 is 1.33 bits per heavy atom. The highest BCUT2D eigenvalue weighted by atomic mass is 35.5. The molecule has 4 aromatic rings. The minimum absolute atomic E-state index is 0.220. The average molecular weight is 443 g/mol. The summed E-state index contributed by atoms with van der Waals surface area (Å²) in [5.41, 5.74) is 0.863. The first-order valence-corrected chi connectivity index (χ1v) is 10.9. The Bertz CT molecular complexity index is 1170. The molecule has 1 N–H and O–H groups in total. The van der Waals surface area contributed by atoms with E-state index in [4.69, 9.17) is 16.0 Å². The molecule has 3 aromatic heterocycles. The summed E-state index contributed by atoms with van der Waals surface area (Å²) >= 11 is 7.35. The van der Waals surface area contributed by atoms with Gasteiger partial charge < -0.3 is 14.4 Å². The second-order valence-electron chi connectivity index (χ2n) is 7.29. The Morgan fingerprint density at radius 3 is 3.00 bits per heavy atom. The number of aliphatic hydroxyl groups is 1. The predicted octanol–water partition coefficient (Wildman–Crippen LogP) is 4.13. The third-order valence-corrected chi connectivity index (χ3v) is 6.58. The van der Waals surface area contributed by atoms with Crippen molar-refractivity contribution in [3.05, 3.63) is 70.3 Å². The average Bonchev–Trinajstić information content (AvgIpc) is 3.53. The quantitative estimate of drug-likeness (QED) is 0.502. The number of amides is 1. The standard InChI is InChI=1S/C21H19ClN4O3S/c22-13-10-23-25(11-13)12-14-7-8-17(29-14)21(28)26-9-3-5-16(26)19(27)20-24-15-4-1-2-6-18(15)30-20/h1-2,4,6-8,10-11,16,19,27H,3,5,9,12H2/t16-,19-/m0/s1. The summed E-state index contributed by atoms with van der Waals surface area (Å²) in [4.78, 5) is 19.4. The van der Waals surface area contributed by atoms with Gasteiger partial charge in [0.1, 0.15) is 16.9 Å². The van der Waals surface area contributed by atoms with Crippen LogP contribution in [0.15, 0.2) is 53.2 Å². The van der Waals surface area contributed by atoms with Gasteiger partial charge in [-0.1, -0.05) is 23.7 Å². The van der Waals surface area contributed by atoms with Crippen LogP contribution in [0.5, 0.6) is 0 Å². The van der Waals surface area contributed by atoms with Crippen molar-refractivity contribution in [3.63, 3.8) is 0 Å². The third-order valence-electron chi connectivity index (χ3n) is 5.28. The van der Waals surface area contributed by atoms with Crippen LogP contribution in [0.25, 0.3) is 10.2 Å². The molecule has 7 nitrogen and oxygen atoms in total. The highest BCUT2D eigenvalue weighted by molar-refractivity contribution is 7.18. The first-order chi connectivity index (χ1) is 14.6. The predicted molar refractivity (Wildman–Crippen MR) is 114 cm³/mol. The molecule has 4 heterocycles. The van der Waals surface area contributed by atoms with Crippen LogP contribution in [0.4, 0.5) is 0 Å². The number of fused-ring (bicyclic) bond motifs is 1. The Hall–Kier alpha value is -2.68. The van der Waals surface area contributed by atoms with Gasteiger partial charge in [-0.05, 0) is 37.1 Å². The van der Waals surface area contributed by atoms with Crippen molar-refractivity contribution in [2.45, 2.75) is 31.5 Å². The summed E-state index contributed by atoms with van der Waals surface area (Å²) < 4.78 is 8.43. The second kappa shape index (κ2) is 7.86. The molecular weight excluding hydrogens is 424 g/mol. The number of aliphatic hydroxyl groups excluding tert-OH is 1. The number of benzene rings is 1. The Labute approximate surface area is 181 Å². The molecule has 1 saturated heterocycles. The van der Waals surface area contributed by atoms with Crippen LogP contribution >= 0.6 is 22.9 Å². The molecule has 0 spiro atoms. The zero-order valence-electron chi connectivity index (χ0n) is 15.9. The number of aromatic nitrogens is 3. The zero-order valence-corrected chi connectivity index (χ0v) is 17.5. The fourth-order valence-electron chi connectivity index (χ4n) is 3.86. The van der Waals surface area contributed by atoms with Crippen LogP contribution in [-0.4, -0.2) is 43.3 Å². The van der Waals surface area contributed by atoms with Gasteiger partial charge in [-0.25, -0.2) is 4.98 Å². The monoisotopic (exact) mass is 442 g/mol. The number of carbonyl (C=O) groups is 1. The number of halogens is 1. The number of para-hydroxylation sites is 1. The van der Waals surface area contributed by atoms with Crippen molar-refractivity contribution in [3.8, 4) is 0 Å². The molecule has 1 amide bonds. The van der Waals surface area contributed by atoms with Gasteiger partial charge in [0, 0.05) is 12.7 Å². The summed E-state index contributed by atoms with van der Waals surface area (Å²) in [6.07, 6.45) is 3.97. The molecule has 0 saturated carbocycles. The van der Waals surface area contributed by atoms with E-state index in [0.717, 1.165) is 23.1 Å². The van der Waals surface area contributed by atoms with Gasteiger partial charge in [-0.3, -0.25) is 9.48 Å². The van der Waals surface area contributed by atoms with Crippen molar-refractivity contribution >= 4 is 39.1 Å². The summed E-state index contributed by atoms with van der Waals surface area (Å²) in [6, 6.07) is 10.9. The molecule has 9 heteroatoms. The number of thiazole rings is 1. The largest absolute Gasteiger partial charge is 0.454 e. The van der Waals surface area contributed by atoms with E-state index in [1.807, 2.05) is 24.3 Å². The number of likely N-dealkylation sites (tertiary alicyclic amines) is 1. The van der Waals surface area contributed by atoms with Crippen LogP contribution in [0.2, 0.25) is 5.02 Å². The lowest BCUT2D eigenvalue weighted by atomic mass is 10.1. The molecule has 0 bridgehead atoms. The summed E-state index contributed by atoms with van der Waals surface area (Å²) in [6.45, 7) is 0.966. The highest BCUT2D eigenvalue weighted by Crippen LogP contribution is 2.34. The Balaban J connectivity index is 1.33. The normalized spacial score (nSPS) is 17.7. The molecule has 1 aliphatic heterocycles. The van der Waals surface area contributed by atoms with Gasteiger partial charge in [0.05, 0.1) is 34.0 Å². The minimum Gasteiger partial charge on any atom is -0.454 e. The lowest BCUT2D eigenvalue weighted by Gasteiger charge is -2.27. The van der Waals surface area contributed by atoms with E-state index in [9.17, 15) is 9.90 Å². The number of nitrogens with zero attached hydrogens (tertiary/aromatic N) is 4. The SMILES string of the molecule is O=C(c1ccc(Cn2cc(Cl)cn2)o1)N1CCC[C@H]1[C@H](O)c1nc2ccccc2s1. The van der Waals surface area contributed by atoms with Crippen LogP contribution in [-0.2, 0) is 6.54 Å². The van der Waals surface area contributed by atoms with Gasteiger partial charge >= 0.3 is 0 Å². The van der Waals surface area contributed by atoms with Gasteiger partial charge in [-0.15, -0.1) is 11.3 Å². The van der Waals surface area contributed by atoms with E-state index in [-0.39, 0.29) is 17.7 Å². The topological polar surface area (TPSA) is 84.4 Å². The van der Waals surface area contributed by atoms with Gasteiger partial charge in [0.2, 0.25) is 0 Å². The molecule has 1 aromatic carbocycles. The maximum atomic E-state index is 13.1. The van der Waals surface area contributed by atoms with Crippen molar-refractivity contribution in [1.29, 1.82) is 0 Å². The molecular formula is C21H19ClN4O3S. The number of hydrogen-bond donors (Lipinski definition) is 1. The fraction of sp³-hybridized carbons (Fsp3) is 0.286. The number of rotatable bonds is 5. The van der Waals surface area contributed by atoms with Gasteiger partial charge in [-0.2, -0.15) is 5.10 Å². The first kappa shape index (κ1) is 19.3. The maximum Gasteiger partial charge on any atom is 0.289 e. The Kier molecular flexibility index (Phi) is 5.06. The molecule has 1 aliphatic rings. The van der Waals surface area contributed by atoms with Crippen molar-refractivity contribution < 1.29 is 14.3 Å². The maximum absolute atomic E-state index is 13.1. The van der Waals surface area contributed by atoms with E-state index in [1.165, 1.54) is 11.3 Å². The third kappa shape index (κ3) is 3.62. The molecule has 0 radical (unpaired) electrons.